The van der Waals surface area contributed by atoms with E-state index in [1.54, 1.807) is 0 Å². The van der Waals surface area contributed by atoms with Gasteiger partial charge in [0.25, 0.3) is 0 Å². The largest absolute Gasteiger partial charge is 0.395 e. The first kappa shape index (κ1) is 22.6. The van der Waals surface area contributed by atoms with E-state index in [4.69, 9.17) is 10.2 Å². The quantitative estimate of drug-likeness (QED) is 0.255. The predicted octanol–water partition coefficient (Wildman–Crippen LogP) is 4.58. The van der Waals surface area contributed by atoms with Crippen LogP contribution in [0.25, 0.3) is 0 Å². The Labute approximate surface area is 144 Å². The molecule has 138 valence electrons. The van der Waals surface area contributed by atoms with Crippen molar-refractivity contribution in [1.29, 1.82) is 0 Å². The monoisotopic (exact) mass is 327 g/mol. The molecule has 0 aliphatic carbocycles. The number of nitrogens with one attached hydrogen (secondary N) is 1. The summed E-state index contributed by atoms with van der Waals surface area (Å²) in [5.41, 5.74) is 0. The van der Waals surface area contributed by atoms with E-state index in [9.17, 15) is 0 Å². The van der Waals surface area contributed by atoms with E-state index in [1.165, 1.54) is 77.0 Å². The average Bonchev–Trinajstić information content (AvgIpc) is 2.57. The van der Waals surface area contributed by atoms with Crippen LogP contribution in [-0.2, 0) is 0 Å². The van der Waals surface area contributed by atoms with E-state index in [0.717, 1.165) is 6.42 Å². The highest BCUT2D eigenvalue weighted by Gasteiger charge is 1.99. The normalized spacial score (nSPS) is 13.0. The fourth-order valence-corrected chi connectivity index (χ4v) is 2.81. The van der Waals surface area contributed by atoms with Gasteiger partial charge in [-0.05, 0) is 12.8 Å². The van der Waals surface area contributed by atoms with Crippen LogP contribution in [0.2, 0.25) is 0 Å². The predicted molar refractivity (Wildman–Crippen MR) is 101 cm³/mol. The second kappa shape index (κ2) is 19.7. The van der Waals surface area contributed by atoms with Crippen molar-refractivity contribution in [1.82, 2.24) is 5.32 Å². The zero-order valence-corrected chi connectivity index (χ0v) is 15.4. The van der Waals surface area contributed by atoms with Gasteiger partial charge in [0.05, 0.1) is 13.2 Å². The Morgan fingerprint density at radius 3 is 1.78 bits per heavy atom. The van der Waals surface area contributed by atoms with Gasteiger partial charge in [0.15, 0.2) is 0 Å². The summed E-state index contributed by atoms with van der Waals surface area (Å²) in [5.74, 6) is 0. The first-order valence-corrected chi connectivity index (χ1v) is 9.96. The van der Waals surface area contributed by atoms with Crippen LogP contribution in [-0.4, -0.2) is 36.0 Å². The van der Waals surface area contributed by atoms with Gasteiger partial charge in [-0.1, -0.05) is 89.7 Å². The molecule has 0 spiro atoms. The van der Waals surface area contributed by atoms with Crippen molar-refractivity contribution in [2.24, 2.45) is 0 Å². The van der Waals surface area contributed by atoms with Crippen molar-refractivity contribution in [2.75, 3.05) is 19.8 Å². The topological polar surface area (TPSA) is 52.5 Å². The molecule has 0 aliphatic heterocycles. The number of aliphatic hydroxyl groups excluding tert-OH is 2. The molecule has 0 amide bonds. The average molecular weight is 328 g/mol. The molecule has 23 heavy (non-hydrogen) atoms. The van der Waals surface area contributed by atoms with Crippen molar-refractivity contribution < 1.29 is 10.2 Å². The maximum absolute atomic E-state index is 9.16. The molecule has 3 nitrogen and oxygen atoms in total. The van der Waals surface area contributed by atoms with Crippen LogP contribution in [0.3, 0.4) is 0 Å². The Kier molecular flexibility index (Phi) is 19.3. The fourth-order valence-electron chi connectivity index (χ4n) is 2.81. The third-order valence-corrected chi connectivity index (χ3v) is 4.31. The molecule has 1 atom stereocenters. The number of aliphatic hydroxyl groups is 2. The molecular formula is C20H41NO2. The molecule has 3 heteroatoms. The summed E-state index contributed by atoms with van der Waals surface area (Å²) in [7, 11) is 0. The number of hydrogen-bond acceptors (Lipinski definition) is 3. The maximum Gasteiger partial charge on any atom is 0.0620 e. The molecule has 3 N–H and O–H groups in total. The molecule has 0 saturated carbocycles. The van der Waals surface area contributed by atoms with E-state index in [0.29, 0.717) is 6.54 Å². The Morgan fingerprint density at radius 2 is 1.30 bits per heavy atom. The molecule has 1 unspecified atom stereocenters. The van der Waals surface area contributed by atoms with Gasteiger partial charge >= 0.3 is 0 Å². The van der Waals surface area contributed by atoms with Crippen molar-refractivity contribution in [3.63, 3.8) is 0 Å². The minimum Gasteiger partial charge on any atom is -0.395 e. The van der Waals surface area contributed by atoms with Crippen molar-refractivity contribution >= 4 is 0 Å². The molecule has 0 rings (SSSR count). The van der Waals surface area contributed by atoms with E-state index in [-0.39, 0.29) is 19.3 Å². The summed E-state index contributed by atoms with van der Waals surface area (Å²) in [6, 6.07) is -0.0144. The molecule has 0 fully saturated rings. The Bertz CT molecular complexity index is 244. The summed E-state index contributed by atoms with van der Waals surface area (Å²) < 4.78 is 0. The van der Waals surface area contributed by atoms with Crippen molar-refractivity contribution in [2.45, 2.75) is 96.4 Å². The van der Waals surface area contributed by atoms with Gasteiger partial charge in [-0.3, -0.25) is 0 Å². The lowest BCUT2D eigenvalue weighted by atomic mass is 10.0. The third kappa shape index (κ3) is 17.8. The van der Waals surface area contributed by atoms with E-state index in [2.05, 4.69) is 18.3 Å². The van der Waals surface area contributed by atoms with Crippen LogP contribution in [0.4, 0.5) is 0 Å². The summed E-state index contributed by atoms with van der Waals surface area (Å²) in [6.45, 7) is 3.02. The lowest BCUT2D eigenvalue weighted by Gasteiger charge is -2.10. The highest BCUT2D eigenvalue weighted by atomic mass is 16.3. The second-order valence-corrected chi connectivity index (χ2v) is 6.57. The summed E-state index contributed by atoms with van der Waals surface area (Å²) >= 11 is 0. The SMILES string of the molecule is CCCCCCCCCCCCCC/C=C/C(CO)NCCO. The first-order valence-electron chi connectivity index (χ1n) is 9.96. The molecule has 0 aromatic heterocycles. The fraction of sp³-hybridized carbons (Fsp3) is 0.900. The van der Waals surface area contributed by atoms with Gasteiger partial charge in [0.2, 0.25) is 0 Å². The van der Waals surface area contributed by atoms with Gasteiger partial charge in [-0.25, -0.2) is 0 Å². The number of rotatable bonds is 18. The highest BCUT2D eigenvalue weighted by molar-refractivity contribution is 4.92. The molecule has 0 aromatic rings. The Morgan fingerprint density at radius 1 is 0.783 bits per heavy atom. The van der Waals surface area contributed by atoms with Crippen molar-refractivity contribution in [3.8, 4) is 0 Å². The molecule has 0 radical (unpaired) electrons. The zero-order chi connectivity index (χ0) is 17.0. The lowest BCUT2D eigenvalue weighted by molar-refractivity contribution is 0.244. The summed E-state index contributed by atoms with van der Waals surface area (Å²) in [5, 5.41) is 21.0. The van der Waals surface area contributed by atoms with Gasteiger partial charge in [0, 0.05) is 12.6 Å². The minimum absolute atomic E-state index is 0.0144. The first-order chi connectivity index (χ1) is 11.3. The zero-order valence-electron chi connectivity index (χ0n) is 15.4. The Hall–Kier alpha value is -0.380. The van der Waals surface area contributed by atoms with E-state index < -0.39 is 0 Å². The Balaban J connectivity index is 3.23. The van der Waals surface area contributed by atoms with Gasteiger partial charge in [-0.15, -0.1) is 0 Å². The van der Waals surface area contributed by atoms with Crippen LogP contribution >= 0.6 is 0 Å². The van der Waals surface area contributed by atoms with Crippen LogP contribution in [0.1, 0.15) is 90.4 Å². The summed E-state index contributed by atoms with van der Waals surface area (Å²) in [4.78, 5) is 0. The molecule has 0 aromatic carbocycles. The minimum atomic E-state index is -0.0144. The molecule has 0 saturated heterocycles. The highest BCUT2D eigenvalue weighted by Crippen LogP contribution is 2.12. The number of unbranched alkanes of at least 4 members (excludes halogenated alkanes) is 12. The smallest absolute Gasteiger partial charge is 0.0620 e. The number of hydrogen-bond donors (Lipinski definition) is 3. The van der Waals surface area contributed by atoms with Crippen molar-refractivity contribution in [3.05, 3.63) is 12.2 Å². The molecular weight excluding hydrogens is 286 g/mol. The van der Waals surface area contributed by atoms with E-state index >= 15 is 0 Å². The standard InChI is InChI=1S/C20H41NO2/c1-2-3-4-5-6-7-8-9-10-11-12-13-14-15-16-20(19-23)21-17-18-22/h15-16,20-23H,2-14,17-19H2,1H3/b16-15+. The van der Waals surface area contributed by atoms with Crippen LogP contribution < -0.4 is 5.32 Å². The van der Waals surface area contributed by atoms with E-state index in [1.807, 2.05) is 6.08 Å². The lowest BCUT2D eigenvalue weighted by Crippen LogP contribution is -2.32. The molecule has 0 heterocycles. The second-order valence-electron chi connectivity index (χ2n) is 6.57. The maximum atomic E-state index is 9.16. The van der Waals surface area contributed by atoms with Gasteiger partial charge in [-0.2, -0.15) is 0 Å². The van der Waals surface area contributed by atoms with Gasteiger partial charge in [0.1, 0.15) is 0 Å². The van der Waals surface area contributed by atoms with Gasteiger partial charge < -0.3 is 15.5 Å². The van der Waals surface area contributed by atoms with Crippen LogP contribution in [0, 0.1) is 0 Å². The van der Waals surface area contributed by atoms with Crippen LogP contribution in [0.15, 0.2) is 12.2 Å². The molecule has 0 aliphatic rings. The molecule has 0 bridgehead atoms. The number of allylic oxidation sites excluding steroid dienone is 1. The third-order valence-electron chi connectivity index (χ3n) is 4.31. The summed E-state index contributed by atoms with van der Waals surface area (Å²) in [6.07, 6.45) is 21.9. The van der Waals surface area contributed by atoms with Crippen LogP contribution in [0.5, 0.6) is 0 Å².